The van der Waals surface area contributed by atoms with Crippen molar-refractivity contribution in [2.24, 2.45) is 5.92 Å². The van der Waals surface area contributed by atoms with Gasteiger partial charge in [-0.15, -0.1) is 0 Å². The van der Waals surface area contributed by atoms with Crippen LogP contribution in [0, 0.1) is 5.92 Å². The van der Waals surface area contributed by atoms with Crippen LogP contribution in [0.5, 0.6) is 0 Å². The fourth-order valence-corrected chi connectivity index (χ4v) is 2.35. The predicted molar refractivity (Wildman–Crippen MR) is 57.6 cm³/mol. The molecule has 0 aromatic rings. The van der Waals surface area contributed by atoms with E-state index >= 15 is 0 Å². The molecule has 0 aromatic heterocycles. The van der Waals surface area contributed by atoms with Crippen molar-refractivity contribution in [3.8, 4) is 0 Å². The summed E-state index contributed by atoms with van der Waals surface area (Å²) in [6, 6.07) is 0. The maximum atomic E-state index is 10.9. The fraction of sp³-hybridized carbons (Fsp3) is 0.909. The number of hydrogen-bond acceptors (Lipinski definition) is 3. The van der Waals surface area contributed by atoms with Gasteiger partial charge in [-0.2, -0.15) is 0 Å². The second kappa shape index (κ2) is 4.94. The van der Waals surface area contributed by atoms with E-state index in [4.69, 9.17) is 4.74 Å². The van der Waals surface area contributed by atoms with Crippen LogP contribution in [0.1, 0.15) is 19.3 Å². The molecule has 4 heteroatoms. The molecule has 2 fully saturated rings. The Bertz CT molecular complexity index is 215. The minimum absolute atomic E-state index is 0.0228. The summed E-state index contributed by atoms with van der Waals surface area (Å²) in [5.41, 5.74) is 0. The molecule has 2 aliphatic heterocycles. The highest BCUT2D eigenvalue weighted by atomic mass is 16.5. The van der Waals surface area contributed by atoms with Crippen molar-refractivity contribution in [1.82, 2.24) is 10.2 Å². The topological polar surface area (TPSA) is 41.6 Å². The molecule has 0 radical (unpaired) electrons. The molecule has 2 saturated heterocycles. The van der Waals surface area contributed by atoms with Gasteiger partial charge in [-0.3, -0.25) is 4.79 Å². The molecule has 1 atom stereocenters. The van der Waals surface area contributed by atoms with E-state index in [1.165, 1.54) is 25.9 Å². The van der Waals surface area contributed by atoms with E-state index < -0.39 is 0 Å². The summed E-state index contributed by atoms with van der Waals surface area (Å²) in [5, 5.41) is 2.86. The molecule has 1 unspecified atom stereocenters. The number of amides is 1. The molecule has 4 nitrogen and oxygen atoms in total. The summed E-state index contributed by atoms with van der Waals surface area (Å²) in [4.78, 5) is 13.3. The Morgan fingerprint density at radius 1 is 1.47 bits per heavy atom. The number of ether oxygens (including phenoxy) is 1. The van der Waals surface area contributed by atoms with Crippen LogP contribution in [-0.4, -0.2) is 50.2 Å². The first-order chi connectivity index (χ1) is 7.24. The third-order valence-electron chi connectivity index (χ3n) is 3.41. The predicted octanol–water partition coefficient (Wildman–Crippen LogP) is 0.233. The Labute approximate surface area is 91.0 Å². The average molecular weight is 212 g/mol. The Morgan fingerprint density at radius 3 is 2.80 bits per heavy atom. The quantitative estimate of drug-likeness (QED) is 0.712. The molecule has 86 valence electrons. The van der Waals surface area contributed by atoms with Gasteiger partial charge in [0, 0.05) is 6.54 Å². The van der Waals surface area contributed by atoms with Crippen molar-refractivity contribution in [1.29, 1.82) is 0 Å². The van der Waals surface area contributed by atoms with Crippen LogP contribution in [0.2, 0.25) is 0 Å². The van der Waals surface area contributed by atoms with Crippen LogP contribution >= 0.6 is 0 Å². The first-order valence-corrected chi connectivity index (χ1v) is 5.81. The van der Waals surface area contributed by atoms with Gasteiger partial charge in [0.05, 0.1) is 6.10 Å². The standard InChI is InChI=1S/C11H20N2O2/c1-13-4-2-9(3-5-13)6-10-7-12-11(14)8-15-10/h9-10H,2-8H2,1H3,(H,12,14). The lowest BCUT2D eigenvalue weighted by molar-refractivity contribution is -0.133. The zero-order valence-electron chi connectivity index (χ0n) is 9.37. The zero-order valence-corrected chi connectivity index (χ0v) is 9.37. The summed E-state index contributed by atoms with van der Waals surface area (Å²) in [5.74, 6) is 0.802. The van der Waals surface area contributed by atoms with E-state index in [1.54, 1.807) is 0 Å². The zero-order chi connectivity index (χ0) is 10.7. The van der Waals surface area contributed by atoms with Crippen molar-refractivity contribution >= 4 is 5.91 Å². The lowest BCUT2D eigenvalue weighted by Gasteiger charge is -2.32. The number of nitrogens with one attached hydrogen (secondary N) is 1. The number of hydrogen-bond donors (Lipinski definition) is 1. The molecular weight excluding hydrogens is 192 g/mol. The number of nitrogens with zero attached hydrogens (tertiary/aromatic N) is 1. The number of piperidine rings is 1. The van der Waals surface area contributed by atoms with Gasteiger partial charge in [0.1, 0.15) is 6.61 Å². The van der Waals surface area contributed by atoms with Gasteiger partial charge in [-0.05, 0) is 45.3 Å². The lowest BCUT2D eigenvalue weighted by atomic mass is 9.91. The van der Waals surface area contributed by atoms with Gasteiger partial charge in [-0.25, -0.2) is 0 Å². The van der Waals surface area contributed by atoms with Crippen LogP contribution in [0.15, 0.2) is 0 Å². The number of morpholine rings is 1. The first kappa shape index (κ1) is 10.9. The Hall–Kier alpha value is -0.610. The lowest BCUT2D eigenvalue weighted by Crippen LogP contribution is -2.44. The summed E-state index contributed by atoms with van der Waals surface area (Å²) in [6.07, 6.45) is 3.89. The SMILES string of the molecule is CN1CCC(CC2CNC(=O)CO2)CC1. The van der Waals surface area contributed by atoms with Crippen molar-refractivity contribution in [2.75, 3.05) is 33.3 Å². The molecule has 2 heterocycles. The molecule has 0 saturated carbocycles. The van der Waals surface area contributed by atoms with Crippen molar-refractivity contribution in [3.05, 3.63) is 0 Å². The Morgan fingerprint density at radius 2 is 2.20 bits per heavy atom. The molecule has 2 rings (SSSR count). The third-order valence-corrected chi connectivity index (χ3v) is 3.41. The minimum Gasteiger partial charge on any atom is -0.367 e. The van der Waals surface area contributed by atoms with Gasteiger partial charge in [-0.1, -0.05) is 0 Å². The highest BCUT2D eigenvalue weighted by Gasteiger charge is 2.24. The van der Waals surface area contributed by atoms with Crippen molar-refractivity contribution in [2.45, 2.75) is 25.4 Å². The van der Waals surface area contributed by atoms with E-state index in [9.17, 15) is 4.79 Å². The highest BCUT2D eigenvalue weighted by Crippen LogP contribution is 2.22. The van der Waals surface area contributed by atoms with Crippen molar-refractivity contribution < 1.29 is 9.53 Å². The first-order valence-electron chi connectivity index (χ1n) is 5.81. The van der Waals surface area contributed by atoms with Crippen molar-refractivity contribution in [3.63, 3.8) is 0 Å². The van der Waals surface area contributed by atoms with Gasteiger partial charge in [0.2, 0.25) is 5.91 Å². The summed E-state index contributed by atoms with van der Waals surface area (Å²) < 4.78 is 5.49. The van der Waals surface area contributed by atoms with E-state index in [2.05, 4.69) is 17.3 Å². The molecule has 0 aliphatic carbocycles. The molecule has 0 bridgehead atoms. The highest BCUT2D eigenvalue weighted by molar-refractivity contribution is 5.77. The summed E-state index contributed by atoms with van der Waals surface area (Å²) in [7, 11) is 2.17. The molecule has 1 N–H and O–H groups in total. The fourth-order valence-electron chi connectivity index (χ4n) is 2.35. The van der Waals surface area contributed by atoms with Crippen LogP contribution in [-0.2, 0) is 9.53 Å². The van der Waals surface area contributed by atoms with Gasteiger partial charge in [0.25, 0.3) is 0 Å². The second-order valence-corrected chi connectivity index (χ2v) is 4.72. The maximum Gasteiger partial charge on any atom is 0.246 e. The number of carbonyl (C=O) groups is 1. The Kier molecular flexibility index (Phi) is 3.59. The number of carbonyl (C=O) groups excluding carboxylic acids is 1. The average Bonchev–Trinajstić information content (AvgIpc) is 2.25. The number of rotatable bonds is 2. The smallest absolute Gasteiger partial charge is 0.246 e. The number of likely N-dealkylation sites (tertiary alicyclic amines) is 1. The van der Waals surface area contributed by atoms with Crippen LogP contribution in [0.3, 0.4) is 0 Å². The van der Waals surface area contributed by atoms with E-state index in [-0.39, 0.29) is 18.6 Å². The molecule has 1 amide bonds. The normalized spacial score (nSPS) is 30.2. The van der Waals surface area contributed by atoms with Crippen LogP contribution < -0.4 is 5.32 Å². The van der Waals surface area contributed by atoms with Gasteiger partial charge in [0.15, 0.2) is 0 Å². The molecule has 15 heavy (non-hydrogen) atoms. The summed E-state index contributed by atoms with van der Waals surface area (Å²) in [6.45, 7) is 3.34. The third kappa shape index (κ3) is 3.18. The van der Waals surface area contributed by atoms with E-state index in [1.807, 2.05) is 0 Å². The van der Waals surface area contributed by atoms with Gasteiger partial charge >= 0.3 is 0 Å². The Balaban J connectivity index is 1.70. The minimum atomic E-state index is 0.0228. The maximum absolute atomic E-state index is 10.9. The van der Waals surface area contributed by atoms with Crippen LogP contribution in [0.4, 0.5) is 0 Å². The largest absolute Gasteiger partial charge is 0.367 e. The van der Waals surface area contributed by atoms with Gasteiger partial charge < -0.3 is 15.0 Å². The van der Waals surface area contributed by atoms with E-state index in [0.29, 0.717) is 6.54 Å². The summed E-state index contributed by atoms with van der Waals surface area (Å²) >= 11 is 0. The van der Waals surface area contributed by atoms with E-state index in [0.717, 1.165) is 12.3 Å². The monoisotopic (exact) mass is 212 g/mol. The molecule has 0 spiro atoms. The van der Waals surface area contributed by atoms with Crippen LogP contribution in [0.25, 0.3) is 0 Å². The molecule has 2 aliphatic rings. The molecular formula is C11H20N2O2. The molecule has 0 aromatic carbocycles. The second-order valence-electron chi connectivity index (χ2n) is 4.72.